The average Bonchev–Trinajstić information content (AvgIpc) is 2.52. The maximum Gasteiger partial charge on any atom is 0.0938 e. The highest BCUT2D eigenvalue weighted by atomic mass is 16.3. The molecule has 0 aromatic heterocycles. The van der Waals surface area contributed by atoms with Crippen molar-refractivity contribution in [3.05, 3.63) is 34.9 Å². The lowest BCUT2D eigenvalue weighted by Crippen LogP contribution is -2.22. The van der Waals surface area contributed by atoms with Gasteiger partial charge in [-0.3, -0.25) is 4.90 Å². The van der Waals surface area contributed by atoms with Crippen molar-refractivity contribution in [3.8, 4) is 0 Å². The maximum atomic E-state index is 9.45. The Balaban J connectivity index is 2.02. The van der Waals surface area contributed by atoms with Gasteiger partial charge in [-0.05, 0) is 30.5 Å². The van der Waals surface area contributed by atoms with Gasteiger partial charge in [-0.1, -0.05) is 18.2 Å². The Morgan fingerprint density at radius 2 is 1.75 bits per heavy atom. The van der Waals surface area contributed by atoms with E-state index in [9.17, 15) is 10.2 Å². The van der Waals surface area contributed by atoms with E-state index in [2.05, 4.69) is 36.9 Å². The van der Waals surface area contributed by atoms with Crippen LogP contribution in [0, 0.1) is 13.8 Å². The van der Waals surface area contributed by atoms with E-state index in [1.165, 1.54) is 16.7 Å². The second kappa shape index (κ2) is 4.53. The zero-order valence-electron chi connectivity index (χ0n) is 9.85. The second-order valence-electron chi connectivity index (χ2n) is 4.75. The fraction of sp³-hybridized carbons (Fsp3) is 0.538. The summed E-state index contributed by atoms with van der Waals surface area (Å²) in [6.07, 6.45) is -1.18. The summed E-state index contributed by atoms with van der Waals surface area (Å²) in [6, 6.07) is 6.40. The summed E-state index contributed by atoms with van der Waals surface area (Å²) >= 11 is 0. The van der Waals surface area contributed by atoms with Gasteiger partial charge in [0.25, 0.3) is 0 Å². The summed E-state index contributed by atoms with van der Waals surface area (Å²) in [5.41, 5.74) is 3.83. The fourth-order valence-electron chi connectivity index (χ4n) is 2.14. The predicted molar refractivity (Wildman–Crippen MR) is 63.2 cm³/mol. The first-order chi connectivity index (χ1) is 7.56. The van der Waals surface area contributed by atoms with Crippen molar-refractivity contribution >= 4 is 0 Å². The molecule has 2 rings (SSSR count). The third-order valence-electron chi connectivity index (χ3n) is 3.31. The average molecular weight is 221 g/mol. The molecule has 16 heavy (non-hydrogen) atoms. The van der Waals surface area contributed by atoms with Gasteiger partial charge in [-0.2, -0.15) is 0 Å². The highest BCUT2D eigenvalue weighted by Gasteiger charge is 2.29. The molecule has 2 atom stereocenters. The highest BCUT2D eigenvalue weighted by molar-refractivity contribution is 5.29. The van der Waals surface area contributed by atoms with Crippen molar-refractivity contribution in [2.24, 2.45) is 0 Å². The van der Waals surface area contributed by atoms with Gasteiger partial charge >= 0.3 is 0 Å². The molecule has 3 nitrogen and oxygen atoms in total. The van der Waals surface area contributed by atoms with Crippen LogP contribution in [0.1, 0.15) is 16.7 Å². The summed E-state index contributed by atoms with van der Waals surface area (Å²) < 4.78 is 0. The Labute approximate surface area is 96.3 Å². The van der Waals surface area contributed by atoms with Crippen molar-refractivity contribution in [2.45, 2.75) is 32.6 Å². The molecule has 0 radical (unpaired) electrons. The Morgan fingerprint density at radius 3 is 2.31 bits per heavy atom. The van der Waals surface area contributed by atoms with Crippen LogP contribution in [-0.4, -0.2) is 40.4 Å². The molecule has 1 aliphatic rings. The monoisotopic (exact) mass is 221 g/mol. The van der Waals surface area contributed by atoms with Crippen LogP contribution in [0.4, 0.5) is 0 Å². The summed E-state index contributed by atoms with van der Waals surface area (Å²) in [7, 11) is 0. The number of likely N-dealkylation sites (tertiary alicyclic amines) is 1. The van der Waals surface area contributed by atoms with E-state index in [0.29, 0.717) is 13.1 Å². The van der Waals surface area contributed by atoms with E-state index in [0.717, 1.165) is 6.54 Å². The van der Waals surface area contributed by atoms with Crippen molar-refractivity contribution < 1.29 is 10.2 Å². The van der Waals surface area contributed by atoms with Crippen LogP contribution >= 0.6 is 0 Å². The summed E-state index contributed by atoms with van der Waals surface area (Å²) in [5.74, 6) is 0. The third-order valence-corrected chi connectivity index (χ3v) is 3.31. The minimum absolute atomic E-state index is 0.564. The SMILES string of the molecule is Cc1ccc(CN2CC(O)C(O)C2)cc1C. The number of aliphatic hydroxyl groups excluding tert-OH is 2. The number of aliphatic hydroxyl groups is 2. The van der Waals surface area contributed by atoms with Crippen LogP contribution < -0.4 is 0 Å². The molecular formula is C13H19NO2. The number of hydrogen-bond acceptors (Lipinski definition) is 3. The van der Waals surface area contributed by atoms with Crippen LogP contribution in [0.25, 0.3) is 0 Å². The van der Waals surface area contributed by atoms with E-state index in [1.54, 1.807) is 0 Å². The first kappa shape index (κ1) is 11.6. The summed E-state index contributed by atoms with van der Waals surface area (Å²) in [4.78, 5) is 2.08. The second-order valence-corrected chi connectivity index (χ2v) is 4.75. The lowest BCUT2D eigenvalue weighted by molar-refractivity contribution is 0.0572. The summed E-state index contributed by atoms with van der Waals surface area (Å²) in [5, 5.41) is 18.9. The Morgan fingerprint density at radius 1 is 1.12 bits per heavy atom. The quantitative estimate of drug-likeness (QED) is 0.778. The van der Waals surface area contributed by atoms with Crippen LogP contribution in [-0.2, 0) is 6.54 Å². The van der Waals surface area contributed by atoms with Crippen molar-refractivity contribution in [2.75, 3.05) is 13.1 Å². The van der Waals surface area contributed by atoms with E-state index in [1.807, 2.05) is 0 Å². The van der Waals surface area contributed by atoms with Crippen molar-refractivity contribution in [1.29, 1.82) is 0 Å². The molecule has 0 amide bonds. The molecule has 0 bridgehead atoms. The van der Waals surface area contributed by atoms with E-state index < -0.39 is 12.2 Å². The maximum absolute atomic E-state index is 9.45. The number of nitrogens with zero attached hydrogens (tertiary/aromatic N) is 1. The van der Waals surface area contributed by atoms with Crippen molar-refractivity contribution in [1.82, 2.24) is 4.90 Å². The number of benzene rings is 1. The van der Waals surface area contributed by atoms with Crippen LogP contribution in [0.15, 0.2) is 18.2 Å². The molecule has 0 aliphatic carbocycles. The van der Waals surface area contributed by atoms with Gasteiger partial charge in [0, 0.05) is 19.6 Å². The first-order valence-electron chi connectivity index (χ1n) is 5.71. The number of hydrogen-bond donors (Lipinski definition) is 2. The lowest BCUT2D eigenvalue weighted by atomic mass is 10.1. The van der Waals surface area contributed by atoms with Gasteiger partial charge in [0.2, 0.25) is 0 Å². The molecule has 0 saturated carbocycles. The molecule has 0 spiro atoms. The largest absolute Gasteiger partial charge is 0.389 e. The molecule has 2 N–H and O–H groups in total. The van der Waals surface area contributed by atoms with Crippen LogP contribution in [0.2, 0.25) is 0 Å². The standard InChI is InChI=1S/C13H19NO2/c1-9-3-4-11(5-10(9)2)6-14-7-12(15)13(16)8-14/h3-5,12-13,15-16H,6-8H2,1-2H3. The van der Waals surface area contributed by atoms with Gasteiger partial charge in [0.05, 0.1) is 12.2 Å². The van der Waals surface area contributed by atoms with Crippen LogP contribution in [0.3, 0.4) is 0 Å². The normalized spacial score (nSPS) is 26.2. The summed E-state index contributed by atoms with van der Waals surface area (Å²) in [6.45, 7) is 6.13. The molecule has 2 unspecified atom stereocenters. The minimum atomic E-state index is -0.591. The number of β-amino-alcohol motifs (C(OH)–C–C–N with tert-alkyl or cyclic N) is 2. The van der Waals surface area contributed by atoms with Gasteiger partial charge in [-0.15, -0.1) is 0 Å². The van der Waals surface area contributed by atoms with Gasteiger partial charge in [-0.25, -0.2) is 0 Å². The zero-order valence-corrected chi connectivity index (χ0v) is 9.85. The molecule has 1 aromatic carbocycles. The van der Waals surface area contributed by atoms with E-state index >= 15 is 0 Å². The topological polar surface area (TPSA) is 43.7 Å². The number of aryl methyl sites for hydroxylation is 2. The van der Waals surface area contributed by atoms with Gasteiger partial charge in [0.1, 0.15) is 0 Å². The predicted octanol–water partition coefficient (Wildman–Crippen LogP) is 0.841. The molecular weight excluding hydrogens is 202 g/mol. The lowest BCUT2D eigenvalue weighted by Gasteiger charge is -2.15. The Hall–Kier alpha value is -0.900. The van der Waals surface area contributed by atoms with E-state index in [4.69, 9.17) is 0 Å². The molecule has 3 heteroatoms. The smallest absolute Gasteiger partial charge is 0.0938 e. The van der Waals surface area contributed by atoms with Crippen LogP contribution in [0.5, 0.6) is 0 Å². The zero-order chi connectivity index (χ0) is 11.7. The highest BCUT2D eigenvalue weighted by Crippen LogP contribution is 2.16. The molecule has 1 saturated heterocycles. The first-order valence-corrected chi connectivity index (χ1v) is 5.71. The third kappa shape index (κ3) is 2.43. The van der Waals surface area contributed by atoms with E-state index in [-0.39, 0.29) is 0 Å². The Bertz CT molecular complexity index is 368. The molecule has 1 heterocycles. The molecule has 1 aliphatic heterocycles. The molecule has 1 aromatic rings. The minimum Gasteiger partial charge on any atom is -0.389 e. The molecule has 1 fully saturated rings. The fourth-order valence-corrected chi connectivity index (χ4v) is 2.14. The Kier molecular flexibility index (Phi) is 3.28. The van der Waals surface area contributed by atoms with Gasteiger partial charge in [0.15, 0.2) is 0 Å². The van der Waals surface area contributed by atoms with Crippen molar-refractivity contribution in [3.63, 3.8) is 0 Å². The molecule has 88 valence electrons. The number of rotatable bonds is 2. The van der Waals surface area contributed by atoms with Gasteiger partial charge < -0.3 is 10.2 Å².